The summed E-state index contributed by atoms with van der Waals surface area (Å²) >= 11 is 0. The number of amides is 1. The number of allylic oxidation sites excluding steroid dienone is 2. The summed E-state index contributed by atoms with van der Waals surface area (Å²) in [7, 11) is 0. The zero-order chi connectivity index (χ0) is 50.7. The van der Waals surface area contributed by atoms with Crippen molar-refractivity contribution in [2.75, 3.05) is 13.2 Å². The van der Waals surface area contributed by atoms with E-state index in [0.717, 1.165) is 44.9 Å². The van der Waals surface area contributed by atoms with E-state index < -0.39 is 12.1 Å². The van der Waals surface area contributed by atoms with Crippen LogP contribution in [0.25, 0.3) is 0 Å². The third kappa shape index (κ3) is 55.9. The average Bonchev–Trinajstić information content (AvgIpc) is 3.36. The van der Waals surface area contributed by atoms with Gasteiger partial charge in [0.2, 0.25) is 5.91 Å². The minimum Gasteiger partial charge on any atom is -0.466 e. The van der Waals surface area contributed by atoms with Gasteiger partial charge in [0.05, 0.1) is 25.4 Å². The zero-order valence-electron chi connectivity index (χ0n) is 47.5. The Balaban J connectivity index is 3.37. The minimum absolute atomic E-state index is 0.00556. The monoisotopic (exact) mass is 988 g/mol. The fourth-order valence-electron chi connectivity index (χ4n) is 10.2. The standard InChI is InChI=1S/C64H125NO5/c1-3-5-7-9-11-13-15-17-19-26-29-32-36-40-44-48-52-56-62(67)61(60-66)65-63(68)57-53-49-45-41-37-33-30-27-24-22-20-21-23-25-28-31-35-39-43-47-51-55-59-70-64(69)58-54-50-46-42-38-34-18-16-14-12-10-8-6-4-2/h16,18,61-62,66-67H,3-15,17,19-60H2,1-2H3,(H,65,68)/b18-16-. The van der Waals surface area contributed by atoms with E-state index >= 15 is 0 Å². The molecule has 416 valence electrons. The van der Waals surface area contributed by atoms with Crippen molar-refractivity contribution in [3.63, 3.8) is 0 Å². The average molecular weight is 989 g/mol. The smallest absolute Gasteiger partial charge is 0.305 e. The van der Waals surface area contributed by atoms with Crippen LogP contribution >= 0.6 is 0 Å². The van der Waals surface area contributed by atoms with Gasteiger partial charge in [0.15, 0.2) is 0 Å². The maximum Gasteiger partial charge on any atom is 0.305 e. The predicted molar refractivity (Wildman–Crippen MR) is 306 cm³/mol. The van der Waals surface area contributed by atoms with Gasteiger partial charge < -0.3 is 20.3 Å². The van der Waals surface area contributed by atoms with Crippen LogP contribution in [0.4, 0.5) is 0 Å². The van der Waals surface area contributed by atoms with Crippen molar-refractivity contribution in [2.24, 2.45) is 0 Å². The van der Waals surface area contributed by atoms with Crippen LogP contribution in [0.15, 0.2) is 12.2 Å². The van der Waals surface area contributed by atoms with Gasteiger partial charge in [0.1, 0.15) is 0 Å². The SMILES string of the molecule is CCCCCCC/C=C\CCCCCCCC(=O)OCCCCCCCCCCCCCCCCCCCCCCCCC(=O)NC(CO)C(O)CCCCCCCCCCCCCCCCCCC. The lowest BCUT2D eigenvalue weighted by Crippen LogP contribution is -2.45. The molecule has 6 heteroatoms. The van der Waals surface area contributed by atoms with E-state index in [2.05, 4.69) is 31.3 Å². The molecule has 0 radical (unpaired) electrons. The molecule has 0 saturated carbocycles. The van der Waals surface area contributed by atoms with Gasteiger partial charge in [-0.3, -0.25) is 9.59 Å². The van der Waals surface area contributed by atoms with Crippen molar-refractivity contribution in [3.8, 4) is 0 Å². The Bertz CT molecular complexity index is 1050. The summed E-state index contributed by atoms with van der Waals surface area (Å²) in [6, 6.07) is -0.541. The number of hydrogen-bond acceptors (Lipinski definition) is 5. The molecule has 0 aromatic rings. The van der Waals surface area contributed by atoms with E-state index in [9.17, 15) is 19.8 Å². The Kier molecular flexibility index (Phi) is 59.0. The lowest BCUT2D eigenvalue weighted by molar-refractivity contribution is -0.143. The molecule has 0 heterocycles. The highest BCUT2D eigenvalue weighted by molar-refractivity contribution is 5.76. The normalized spacial score (nSPS) is 12.6. The van der Waals surface area contributed by atoms with Gasteiger partial charge in [-0.1, -0.05) is 309 Å². The number of nitrogens with one attached hydrogen (secondary N) is 1. The maximum absolute atomic E-state index is 12.5. The van der Waals surface area contributed by atoms with E-state index in [-0.39, 0.29) is 18.5 Å². The lowest BCUT2D eigenvalue weighted by Gasteiger charge is -2.22. The van der Waals surface area contributed by atoms with Gasteiger partial charge >= 0.3 is 5.97 Å². The van der Waals surface area contributed by atoms with Gasteiger partial charge in [0, 0.05) is 12.8 Å². The third-order valence-electron chi connectivity index (χ3n) is 15.1. The molecule has 1 amide bonds. The molecule has 0 aliphatic carbocycles. The molecule has 0 aromatic carbocycles. The minimum atomic E-state index is -0.664. The van der Waals surface area contributed by atoms with Crippen LogP contribution in [0.2, 0.25) is 0 Å². The van der Waals surface area contributed by atoms with Crippen molar-refractivity contribution in [1.29, 1.82) is 0 Å². The van der Waals surface area contributed by atoms with E-state index in [1.807, 2.05) is 0 Å². The summed E-state index contributed by atoms with van der Waals surface area (Å²) in [5.74, 6) is -0.0264. The quantitative estimate of drug-likeness (QED) is 0.0321. The second-order valence-electron chi connectivity index (χ2n) is 22.1. The number of carbonyl (C=O) groups is 2. The number of unbranched alkanes of at least 4 members (excludes halogenated alkanes) is 47. The number of rotatable bonds is 60. The summed E-state index contributed by atoms with van der Waals surface area (Å²) in [6.45, 7) is 4.97. The fraction of sp³-hybridized carbons (Fsp3) is 0.938. The molecule has 0 fully saturated rings. The first-order valence-electron chi connectivity index (χ1n) is 31.9. The topological polar surface area (TPSA) is 95.9 Å². The van der Waals surface area contributed by atoms with Gasteiger partial charge in [-0.2, -0.15) is 0 Å². The van der Waals surface area contributed by atoms with Crippen LogP contribution in [0.1, 0.15) is 361 Å². The van der Waals surface area contributed by atoms with Crippen molar-refractivity contribution < 1.29 is 24.5 Å². The van der Waals surface area contributed by atoms with Crippen LogP contribution in [-0.4, -0.2) is 47.4 Å². The summed E-state index contributed by atoms with van der Waals surface area (Å²) in [5, 5.41) is 23.3. The van der Waals surface area contributed by atoms with E-state index in [4.69, 9.17) is 4.74 Å². The Morgan fingerprint density at radius 1 is 0.386 bits per heavy atom. The van der Waals surface area contributed by atoms with Crippen LogP contribution < -0.4 is 5.32 Å². The molecule has 2 atom stereocenters. The van der Waals surface area contributed by atoms with Gasteiger partial charge in [-0.25, -0.2) is 0 Å². The van der Waals surface area contributed by atoms with Gasteiger partial charge in [-0.05, 0) is 51.4 Å². The summed E-state index contributed by atoms with van der Waals surface area (Å²) in [6.07, 6.45) is 72.2. The van der Waals surface area contributed by atoms with Crippen molar-refractivity contribution in [1.82, 2.24) is 5.32 Å². The number of carbonyl (C=O) groups excluding carboxylic acids is 2. The molecule has 0 spiro atoms. The van der Waals surface area contributed by atoms with Crippen LogP contribution in [-0.2, 0) is 14.3 Å². The second-order valence-corrected chi connectivity index (χ2v) is 22.1. The molecule has 70 heavy (non-hydrogen) atoms. The lowest BCUT2D eigenvalue weighted by atomic mass is 10.0. The molecule has 0 aliphatic heterocycles. The molecule has 0 aromatic heterocycles. The Morgan fingerprint density at radius 2 is 0.671 bits per heavy atom. The summed E-state index contributed by atoms with van der Waals surface area (Å²) in [5.41, 5.74) is 0. The van der Waals surface area contributed by atoms with E-state index in [1.165, 1.54) is 283 Å². The largest absolute Gasteiger partial charge is 0.466 e. The zero-order valence-corrected chi connectivity index (χ0v) is 47.5. The van der Waals surface area contributed by atoms with Crippen molar-refractivity contribution >= 4 is 11.9 Å². The van der Waals surface area contributed by atoms with Crippen LogP contribution in [0.5, 0.6) is 0 Å². The Hall–Kier alpha value is -1.40. The molecular weight excluding hydrogens is 863 g/mol. The highest BCUT2D eigenvalue weighted by atomic mass is 16.5. The molecule has 3 N–H and O–H groups in total. The van der Waals surface area contributed by atoms with Crippen molar-refractivity contribution in [2.45, 2.75) is 373 Å². The maximum atomic E-state index is 12.5. The number of aliphatic hydroxyl groups is 2. The first-order chi connectivity index (χ1) is 34.5. The molecule has 2 unspecified atom stereocenters. The van der Waals surface area contributed by atoms with Gasteiger partial charge in [0.25, 0.3) is 0 Å². The first-order valence-corrected chi connectivity index (χ1v) is 31.9. The van der Waals surface area contributed by atoms with E-state index in [0.29, 0.717) is 25.9 Å². The molecule has 6 nitrogen and oxygen atoms in total. The van der Waals surface area contributed by atoms with Gasteiger partial charge in [-0.15, -0.1) is 0 Å². The third-order valence-corrected chi connectivity index (χ3v) is 15.1. The summed E-state index contributed by atoms with van der Waals surface area (Å²) < 4.78 is 5.48. The highest BCUT2D eigenvalue weighted by Crippen LogP contribution is 2.18. The highest BCUT2D eigenvalue weighted by Gasteiger charge is 2.20. The second kappa shape index (κ2) is 60.2. The molecule has 0 saturated heterocycles. The Labute approximate surface area is 438 Å². The summed E-state index contributed by atoms with van der Waals surface area (Å²) in [4.78, 5) is 24.6. The molecule has 0 aliphatic rings. The van der Waals surface area contributed by atoms with Crippen molar-refractivity contribution in [3.05, 3.63) is 12.2 Å². The van der Waals surface area contributed by atoms with Crippen LogP contribution in [0, 0.1) is 0 Å². The van der Waals surface area contributed by atoms with E-state index in [1.54, 1.807) is 0 Å². The number of hydrogen-bond donors (Lipinski definition) is 3. The molecule has 0 bridgehead atoms. The first kappa shape index (κ1) is 68.6. The number of esters is 1. The molecular formula is C64H125NO5. The predicted octanol–water partition coefficient (Wildman–Crippen LogP) is 20.0. The van der Waals surface area contributed by atoms with Crippen LogP contribution in [0.3, 0.4) is 0 Å². The molecule has 0 rings (SSSR count). The Morgan fingerprint density at radius 3 is 1.01 bits per heavy atom. The number of aliphatic hydroxyl groups excluding tert-OH is 2. The fourth-order valence-corrected chi connectivity index (χ4v) is 10.2. The number of ether oxygens (including phenoxy) is 1.